The first-order valence-electron chi connectivity index (χ1n) is 12.7. The predicted octanol–water partition coefficient (Wildman–Crippen LogP) is 3.37. The van der Waals surface area contributed by atoms with Crippen molar-refractivity contribution in [2.75, 3.05) is 12.5 Å². The first-order valence-corrected chi connectivity index (χ1v) is 13.8. The van der Waals surface area contributed by atoms with Crippen molar-refractivity contribution in [2.45, 2.75) is 76.7 Å². The molecular formula is C27H33F3N2O8S. The van der Waals surface area contributed by atoms with Crippen molar-refractivity contribution in [1.29, 1.82) is 0 Å². The van der Waals surface area contributed by atoms with Gasteiger partial charge in [0, 0.05) is 12.2 Å². The largest absolute Gasteiger partial charge is 0.463 e. The maximum atomic E-state index is 13.2. The molecule has 1 aromatic rings. The van der Waals surface area contributed by atoms with E-state index in [1.165, 1.54) is 19.1 Å². The highest BCUT2D eigenvalue weighted by Crippen LogP contribution is 2.35. The number of carbonyl (C=O) groups excluding carboxylic acids is 5. The van der Waals surface area contributed by atoms with E-state index in [4.69, 9.17) is 14.2 Å². The average Bonchev–Trinajstić information content (AvgIpc) is 2.88. The second-order valence-electron chi connectivity index (χ2n) is 9.41. The molecule has 1 heterocycles. The van der Waals surface area contributed by atoms with Gasteiger partial charge in [0.15, 0.2) is 6.04 Å². The van der Waals surface area contributed by atoms with E-state index < -0.39 is 65.7 Å². The second-order valence-corrected chi connectivity index (χ2v) is 10.6. The lowest BCUT2D eigenvalue weighted by Crippen LogP contribution is -2.73. The van der Waals surface area contributed by atoms with Crippen molar-refractivity contribution in [3.05, 3.63) is 47.5 Å². The number of benzene rings is 1. The molecule has 0 bridgehead atoms. The molecule has 3 atom stereocenters. The molecule has 0 spiro atoms. The lowest BCUT2D eigenvalue weighted by molar-refractivity contribution is -0.175. The molecule has 226 valence electrons. The van der Waals surface area contributed by atoms with Gasteiger partial charge in [0.2, 0.25) is 18.6 Å². The van der Waals surface area contributed by atoms with E-state index in [9.17, 15) is 37.1 Å². The Kier molecular flexibility index (Phi) is 12.2. The van der Waals surface area contributed by atoms with Gasteiger partial charge in [-0.05, 0) is 44.0 Å². The summed E-state index contributed by atoms with van der Waals surface area (Å²) in [5.74, 6) is -3.06. The van der Waals surface area contributed by atoms with E-state index in [0.29, 0.717) is 5.56 Å². The third-order valence-corrected chi connectivity index (χ3v) is 6.96. The van der Waals surface area contributed by atoms with Crippen molar-refractivity contribution in [3.63, 3.8) is 0 Å². The number of carbonyl (C=O) groups is 5. The first-order chi connectivity index (χ1) is 19.1. The number of halogens is 3. The number of rotatable bonds is 14. The van der Waals surface area contributed by atoms with Gasteiger partial charge in [0.05, 0.1) is 24.5 Å². The monoisotopic (exact) mass is 602 g/mol. The molecule has 2 rings (SSSR count). The highest BCUT2D eigenvalue weighted by Gasteiger charge is 2.53. The van der Waals surface area contributed by atoms with E-state index in [2.05, 4.69) is 11.9 Å². The molecule has 1 N–H and O–H groups in total. The van der Waals surface area contributed by atoms with Gasteiger partial charge in [-0.15, -0.1) is 11.8 Å². The number of amides is 2. The molecule has 41 heavy (non-hydrogen) atoms. The van der Waals surface area contributed by atoms with Gasteiger partial charge in [-0.1, -0.05) is 25.6 Å². The Hall–Kier alpha value is -3.55. The fraction of sp³-hybridized carbons (Fsp3) is 0.519. The SMILES string of the molecule is C=C(C)C(C(=O)OCOC(=O)CC)N1C(=O)C(NC(=O)Cc2ccc(C(F)(F)F)cc2)C1SCCC(=O)OC(C)C. The maximum Gasteiger partial charge on any atom is 0.416 e. The van der Waals surface area contributed by atoms with Crippen molar-refractivity contribution >= 4 is 41.5 Å². The van der Waals surface area contributed by atoms with Crippen LogP contribution in [-0.2, 0) is 50.8 Å². The molecule has 0 aromatic heterocycles. The van der Waals surface area contributed by atoms with Crippen molar-refractivity contribution in [2.24, 2.45) is 0 Å². The van der Waals surface area contributed by atoms with Crippen LogP contribution in [0.4, 0.5) is 13.2 Å². The normalized spacial score (nSPS) is 17.4. The fourth-order valence-electron chi connectivity index (χ4n) is 3.76. The van der Waals surface area contributed by atoms with Crippen LogP contribution in [0.15, 0.2) is 36.4 Å². The van der Waals surface area contributed by atoms with E-state index in [-0.39, 0.29) is 36.7 Å². The number of β-lactam (4-membered cyclic amide) rings is 1. The van der Waals surface area contributed by atoms with Crippen LogP contribution < -0.4 is 5.32 Å². The summed E-state index contributed by atoms with van der Waals surface area (Å²) in [6, 6.07) is 1.68. The summed E-state index contributed by atoms with van der Waals surface area (Å²) in [7, 11) is 0. The first kappa shape index (κ1) is 33.7. The predicted molar refractivity (Wildman–Crippen MR) is 142 cm³/mol. The number of ether oxygens (including phenoxy) is 3. The zero-order valence-corrected chi connectivity index (χ0v) is 23.9. The molecule has 14 heteroatoms. The number of hydrogen-bond donors (Lipinski definition) is 1. The minimum absolute atomic E-state index is 0.0112. The van der Waals surface area contributed by atoms with Crippen LogP contribution in [0.25, 0.3) is 0 Å². The van der Waals surface area contributed by atoms with E-state index in [1.807, 2.05) is 0 Å². The van der Waals surface area contributed by atoms with Gasteiger partial charge in [-0.3, -0.25) is 19.2 Å². The number of hydrogen-bond acceptors (Lipinski definition) is 9. The van der Waals surface area contributed by atoms with Gasteiger partial charge >= 0.3 is 24.1 Å². The van der Waals surface area contributed by atoms with Gasteiger partial charge < -0.3 is 24.4 Å². The minimum Gasteiger partial charge on any atom is -0.463 e. The third kappa shape index (κ3) is 9.80. The highest BCUT2D eigenvalue weighted by atomic mass is 32.2. The Morgan fingerprint density at radius 3 is 2.27 bits per heavy atom. The molecule has 1 aliphatic heterocycles. The van der Waals surface area contributed by atoms with Crippen LogP contribution in [0.5, 0.6) is 0 Å². The molecular weight excluding hydrogens is 569 g/mol. The second kappa shape index (κ2) is 14.9. The summed E-state index contributed by atoms with van der Waals surface area (Å²) < 4.78 is 53.4. The summed E-state index contributed by atoms with van der Waals surface area (Å²) >= 11 is 1.12. The molecule has 0 radical (unpaired) electrons. The summed E-state index contributed by atoms with van der Waals surface area (Å²) in [4.78, 5) is 63.3. The number of nitrogens with one attached hydrogen (secondary N) is 1. The molecule has 0 saturated carbocycles. The summed E-state index contributed by atoms with van der Waals surface area (Å²) in [5.41, 5.74) is -0.324. The number of likely N-dealkylation sites (tertiary alicyclic amines) is 1. The minimum atomic E-state index is -4.52. The lowest BCUT2D eigenvalue weighted by Gasteiger charge is -2.49. The molecule has 1 fully saturated rings. The topological polar surface area (TPSA) is 128 Å². The van der Waals surface area contributed by atoms with Crippen LogP contribution in [0, 0.1) is 0 Å². The summed E-state index contributed by atoms with van der Waals surface area (Å²) in [5, 5.41) is 1.75. The maximum absolute atomic E-state index is 13.2. The van der Waals surface area contributed by atoms with Crippen molar-refractivity contribution in [1.82, 2.24) is 10.2 Å². The van der Waals surface area contributed by atoms with Crippen molar-refractivity contribution < 1.29 is 51.4 Å². The number of thioether (sulfide) groups is 1. The van der Waals surface area contributed by atoms with Crippen LogP contribution >= 0.6 is 11.8 Å². The van der Waals surface area contributed by atoms with Crippen LogP contribution in [-0.4, -0.2) is 70.7 Å². The summed E-state index contributed by atoms with van der Waals surface area (Å²) in [6.07, 6.45) is -5.08. The fourth-order valence-corrected chi connectivity index (χ4v) is 5.05. The highest BCUT2D eigenvalue weighted by molar-refractivity contribution is 8.00. The molecule has 2 amide bonds. The lowest BCUT2D eigenvalue weighted by atomic mass is 9.99. The van der Waals surface area contributed by atoms with Gasteiger partial charge in [0.1, 0.15) is 11.4 Å². The molecule has 1 aromatic carbocycles. The zero-order valence-electron chi connectivity index (χ0n) is 23.1. The molecule has 1 saturated heterocycles. The van der Waals surface area contributed by atoms with E-state index in [1.54, 1.807) is 20.8 Å². The third-order valence-electron chi connectivity index (χ3n) is 5.68. The Balaban J connectivity index is 2.16. The molecule has 1 aliphatic rings. The Bertz CT molecular complexity index is 1140. The Morgan fingerprint density at radius 2 is 1.73 bits per heavy atom. The number of esters is 3. The molecule has 10 nitrogen and oxygen atoms in total. The summed E-state index contributed by atoms with van der Waals surface area (Å²) in [6.45, 7) is 9.54. The number of alkyl halides is 3. The quantitative estimate of drug-likeness (QED) is 0.148. The van der Waals surface area contributed by atoms with E-state index in [0.717, 1.165) is 28.8 Å². The number of nitrogens with zero attached hydrogens (tertiary/aromatic N) is 1. The smallest absolute Gasteiger partial charge is 0.416 e. The Morgan fingerprint density at radius 1 is 1.10 bits per heavy atom. The van der Waals surface area contributed by atoms with Crippen LogP contribution in [0.2, 0.25) is 0 Å². The van der Waals surface area contributed by atoms with Crippen molar-refractivity contribution in [3.8, 4) is 0 Å². The molecule has 3 unspecified atom stereocenters. The zero-order chi connectivity index (χ0) is 30.9. The Labute approximate surface area is 239 Å². The average molecular weight is 603 g/mol. The van der Waals surface area contributed by atoms with Crippen LogP contribution in [0.1, 0.15) is 51.7 Å². The van der Waals surface area contributed by atoms with Gasteiger partial charge in [0.25, 0.3) is 0 Å². The van der Waals surface area contributed by atoms with Gasteiger partial charge in [-0.25, -0.2) is 4.79 Å². The van der Waals surface area contributed by atoms with Gasteiger partial charge in [-0.2, -0.15) is 13.2 Å². The van der Waals surface area contributed by atoms with E-state index >= 15 is 0 Å². The standard InChI is InChI=1S/C27H33F3N2O8S/c1-6-20(34)38-14-39-26(37)23(15(2)3)32-24(36)22(25(32)41-12-11-21(35)40-16(4)5)31-19(33)13-17-7-9-18(10-8-17)27(28,29)30/h7-10,16,22-23,25H,2,6,11-14H2,1,3-5H3,(H,31,33). The molecule has 0 aliphatic carbocycles. The van der Waals surface area contributed by atoms with Crippen LogP contribution in [0.3, 0.4) is 0 Å².